The summed E-state index contributed by atoms with van der Waals surface area (Å²) in [5, 5.41) is 9.19. The molecule has 1 aromatic carbocycles. The van der Waals surface area contributed by atoms with Crippen LogP contribution < -0.4 is 4.90 Å². The highest BCUT2D eigenvalue weighted by Crippen LogP contribution is 2.41. The second-order valence-electron chi connectivity index (χ2n) is 4.97. The number of benzene rings is 1. The summed E-state index contributed by atoms with van der Waals surface area (Å²) in [6, 6.07) is 16.6. The molecule has 2 heterocycles. The fraction of sp³-hybridized carbons (Fsp3) is 0.250. The minimum absolute atomic E-state index is 0.322. The van der Waals surface area contributed by atoms with Gasteiger partial charge in [0.15, 0.2) is 0 Å². The summed E-state index contributed by atoms with van der Waals surface area (Å²) >= 11 is 0. The normalized spacial score (nSPS) is 21.6. The van der Waals surface area contributed by atoms with Gasteiger partial charge in [0, 0.05) is 12.7 Å². The fourth-order valence-electron chi connectivity index (χ4n) is 2.78. The maximum atomic E-state index is 9.19. The van der Waals surface area contributed by atoms with Crippen molar-refractivity contribution in [1.82, 2.24) is 4.98 Å². The summed E-state index contributed by atoms with van der Waals surface area (Å²) in [5.74, 6) is 1.38. The standard InChI is InChI=1S/C16H15N3/c1-12-11-19(15(12)13-6-3-2-4-7-13)16-14(10-17)8-5-9-18-16/h2-9,12,15H,11H2,1H3/t12-,15-/m1/s1. The Morgan fingerprint density at radius 1 is 1.21 bits per heavy atom. The average molecular weight is 249 g/mol. The molecule has 19 heavy (non-hydrogen) atoms. The lowest BCUT2D eigenvalue weighted by molar-refractivity contribution is 0.322. The highest BCUT2D eigenvalue weighted by atomic mass is 15.3. The van der Waals surface area contributed by atoms with Gasteiger partial charge in [-0.05, 0) is 23.6 Å². The maximum Gasteiger partial charge on any atom is 0.147 e. The van der Waals surface area contributed by atoms with E-state index in [0.717, 1.165) is 12.4 Å². The summed E-state index contributed by atoms with van der Waals surface area (Å²) in [4.78, 5) is 6.61. The zero-order valence-electron chi connectivity index (χ0n) is 10.8. The molecule has 3 rings (SSSR count). The number of hydrogen-bond donors (Lipinski definition) is 0. The van der Waals surface area contributed by atoms with E-state index in [1.54, 1.807) is 6.20 Å². The predicted octanol–water partition coefficient (Wildman–Crippen LogP) is 3.15. The van der Waals surface area contributed by atoms with E-state index >= 15 is 0 Å². The van der Waals surface area contributed by atoms with E-state index in [-0.39, 0.29) is 0 Å². The number of nitrogens with zero attached hydrogens (tertiary/aromatic N) is 3. The predicted molar refractivity (Wildman–Crippen MR) is 74.6 cm³/mol. The molecule has 0 bridgehead atoms. The number of aromatic nitrogens is 1. The van der Waals surface area contributed by atoms with Gasteiger partial charge in [0.25, 0.3) is 0 Å². The Labute approximate surface area is 113 Å². The van der Waals surface area contributed by atoms with E-state index in [1.807, 2.05) is 18.2 Å². The molecule has 3 nitrogen and oxygen atoms in total. The summed E-state index contributed by atoms with van der Waals surface area (Å²) in [7, 11) is 0. The van der Waals surface area contributed by atoms with Crippen LogP contribution in [0.2, 0.25) is 0 Å². The molecule has 1 aliphatic heterocycles. The average Bonchev–Trinajstić information content (AvgIpc) is 2.45. The van der Waals surface area contributed by atoms with E-state index in [9.17, 15) is 5.26 Å². The van der Waals surface area contributed by atoms with E-state index in [0.29, 0.717) is 17.5 Å². The third kappa shape index (κ3) is 1.96. The van der Waals surface area contributed by atoms with Crippen LogP contribution in [0.1, 0.15) is 24.1 Å². The Bertz CT molecular complexity index is 615. The molecule has 1 aliphatic rings. The molecule has 1 fully saturated rings. The largest absolute Gasteiger partial charge is 0.348 e. The monoisotopic (exact) mass is 249 g/mol. The first-order valence-corrected chi connectivity index (χ1v) is 6.48. The molecule has 3 heteroatoms. The first-order valence-electron chi connectivity index (χ1n) is 6.48. The minimum Gasteiger partial charge on any atom is -0.348 e. The van der Waals surface area contributed by atoms with Crippen molar-refractivity contribution >= 4 is 5.82 Å². The van der Waals surface area contributed by atoms with Crippen LogP contribution in [0.5, 0.6) is 0 Å². The molecule has 94 valence electrons. The van der Waals surface area contributed by atoms with Gasteiger partial charge >= 0.3 is 0 Å². The van der Waals surface area contributed by atoms with Crippen LogP contribution >= 0.6 is 0 Å². The molecular weight excluding hydrogens is 234 g/mol. The van der Waals surface area contributed by atoms with Gasteiger partial charge in [0.1, 0.15) is 11.9 Å². The Balaban J connectivity index is 1.97. The van der Waals surface area contributed by atoms with Crippen molar-refractivity contribution < 1.29 is 0 Å². The van der Waals surface area contributed by atoms with Gasteiger partial charge in [-0.2, -0.15) is 5.26 Å². The van der Waals surface area contributed by atoms with Gasteiger partial charge in [-0.1, -0.05) is 37.3 Å². The van der Waals surface area contributed by atoms with Gasteiger partial charge < -0.3 is 4.90 Å². The van der Waals surface area contributed by atoms with Crippen molar-refractivity contribution in [3.63, 3.8) is 0 Å². The lowest BCUT2D eigenvalue weighted by Gasteiger charge is -2.48. The smallest absolute Gasteiger partial charge is 0.147 e. The molecule has 0 N–H and O–H groups in total. The van der Waals surface area contributed by atoms with Crippen LogP contribution in [0.15, 0.2) is 48.7 Å². The first-order chi connectivity index (χ1) is 9.31. The van der Waals surface area contributed by atoms with E-state index < -0.39 is 0 Å². The van der Waals surface area contributed by atoms with Crippen molar-refractivity contribution in [2.45, 2.75) is 13.0 Å². The minimum atomic E-state index is 0.322. The third-order valence-electron chi connectivity index (χ3n) is 3.68. The summed E-state index contributed by atoms with van der Waals surface area (Å²) in [5.41, 5.74) is 1.94. The molecule has 1 saturated heterocycles. The molecule has 0 amide bonds. The van der Waals surface area contributed by atoms with Crippen molar-refractivity contribution in [2.75, 3.05) is 11.4 Å². The van der Waals surface area contributed by atoms with E-state index in [4.69, 9.17) is 0 Å². The van der Waals surface area contributed by atoms with E-state index in [1.165, 1.54) is 5.56 Å². The van der Waals surface area contributed by atoms with Crippen LogP contribution in [-0.4, -0.2) is 11.5 Å². The number of pyridine rings is 1. The third-order valence-corrected chi connectivity index (χ3v) is 3.68. The number of rotatable bonds is 2. The van der Waals surface area contributed by atoms with Crippen LogP contribution in [-0.2, 0) is 0 Å². The SMILES string of the molecule is C[C@@H]1CN(c2ncccc2C#N)[C@H]1c1ccccc1. The van der Waals surface area contributed by atoms with Gasteiger partial charge in [-0.3, -0.25) is 0 Å². The van der Waals surface area contributed by atoms with Gasteiger partial charge in [0.05, 0.1) is 11.6 Å². The molecule has 2 aromatic rings. The van der Waals surface area contributed by atoms with Crippen molar-refractivity contribution in [3.8, 4) is 6.07 Å². The fourth-order valence-corrected chi connectivity index (χ4v) is 2.78. The second kappa shape index (κ2) is 4.74. The Morgan fingerprint density at radius 3 is 2.68 bits per heavy atom. The summed E-state index contributed by atoms with van der Waals surface area (Å²) in [6.07, 6.45) is 1.75. The summed E-state index contributed by atoms with van der Waals surface area (Å²) in [6.45, 7) is 3.19. The van der Waals surface area contributed by atoms with E-state index in [2.05, 4.69) is 47.1 Å². The Morgan fingerprint density at radius 2 is 2.00 bits per heavy atom. The zero-order valence-corrected chi connectivity index (χ0v) is 10.8. The van der Waals surface area contributed by atoms with Crippen molar-refractivity contribution in [3.05, 3.63) is 59.8 Å². The second-order valence-corrected chi connectivity index (χ2v) is 4.97. The quantitative estimate of drug-likeness (QED) is 0.820. The van der Waals surface area contributed by atoms with Crippen LogP contribution in [0.3, 0.4) is 0 Å². The Kier molecular flexibility index (Phi) is 2.92. The molecule has 2 atom stereocenters. The van der Waals surface area contributed by atoms with Crippen molar-refractivity contribution in [2.24, 2.45) is 5.92 Å². The molecule has 0 unspecified atom stereocenters. The summed E-state index contributed by atoms with van der Waals surface area (Å²) < 4.78 is 0. The van der Waals surface area contributed by atoms with Gasteiger partial charge in [-0.15, -0.1) is 0 Å². The van der Waals surface area contributed by atoms with Gasteiger partial charge in [-0.25, -0.2) is 4.98 Å². The van der Waals surface area contributed by atoms with Crippen LogP contribution in [0, 0.1) is 17.2 Å². The lowest BCUT2D eigenvalue weighted by Crippen LogP contribution is -2.49. The number of hydrogen-bond acceptors (Lipinski definition) is 3. The molecular formula is C16H15N3. The highest BCUT2D eigenvalue weighted by molar-refractivity contribution is 5.57. The lowest BCUT2D eigenvalue weighted by atomic mass is 9.84. The van der Waals surface area contributed by atoms with Gasteiger partial charge in [0.2, 0.25) is 0 Å². The molecule has 0 radical (unpaired) electrons. The van der Waals surface area contributed by atoms with Crippen LogP contribution in [0.4, 0.5) is 5.82 Å². The zero-order chi connectivity index (χ0) is 13.2. The molecule has 1 aromatic heterocycles. The Hall–Kier alpha value is -2.34. The molecule has 0 spiro atoms. The molecule has 0 saturated carbocycles. The first kappa shape index (κ1) is 11.7. The topological polar surface area (TPSA) is 39.9 Å². The van der Waals surface area contributed by atoms with Crippen molar-refractivity contribution in [1.29, 1.82) is 5.26 Å². The highest BCUT2D eigenvalue weighted by Gasteiger charge is 2.38. The molecule has 0 aliphatic carbocycles. The number of anilines is 1. The maximum absolute atomic E-state index is 9.19. The van der Waals surface area contributed by atoms with Crippen LogP contribution in [0.25, 0.3) is 0 Å². The number of nitriles is 1.